The highest BCUT2D eigenvalue weighted by atomic mass is 16.7. The van der Waals surface area contributed by atoms with Crippen LogP contribution in [0.4, 0.5) is 0 Å². The average molecular weight is 476 g/mol. The first-order valence-corrected chi connectivity index (χ1v) is 11.8. The second-order valence-corrected chi connectivity index (χ2v) is 10.3. The summed E-state index contributed by atoms with van der Waals surface area (Å²) in [5.41, 5.74) is 4.06. The standard InChI is InChI=1S/C27H29N3O5/c1-26(2)20-10-16(33-14-22(31)29-12-17-13-34-27(3,4)35-17)6-8-18(20)24(32)23-19-7-5-15(11-28)9-21(19)30-25(23)26/h5-9,16-17,30H,10,12-14H2,1-4H3,(H,29,31)/t16-,17?/m1/s1. The number of benzene rings is 1. The number of nitrogens with zero attached hydrogens (tertiary/aromatic N) is 1. The molecule has 1 unspecified atom stereocenters. The molecule has 1 fully saturated rings. The fourth-order valence-corrected chi connectivity index (χ4v) is 5.18. The summed E-state index contributed by atoms with van der Waals surface area (Å²) in [5.74, 6) is -0.881. The maximum atomic E-state index is 13.5. The lowest BCUT2D eigenvalue weighted by atomic mass is 9.68. The molecular formula is C27H29N3O5. The number of carbonyl (C=O) groups excluding carboxylic acids is 2. The number of aromatic amines is 1. The van der Waals surface area contributed by atoms with Crippen molar-refractivity contribution in [2.45, 2.75) is 57.5 Å². The highest BCUT2D eigenvalue weighted by Gasteiger charge is 2.42. The van der Waals surface area contributed by atoms with Crippen molar-refractivity contribution in [1.82, 2.24) is 10.3 Å². The Labute approximate surface area is 203 Å². The van der Waals surface area contributed by atoms with E-state index in [2.05, 4.69) is 30.2 Å². The third-order valence-electron chi connectivity index (χ3n) is 7.01. The number of nitrogens with one attached hydrogen (secondary N) is 2. The van der Waals surface area contributed by atoms with Crippen LogP contribution in [0.25, 0.3) is 10.9 Å². The van der Waals surface area contributed by atoms with Crippen LogP contribution in [0.3, 0.4) is 0 Å². The zero-order chi connectivity index (χ0) is 25.0. The number of ether oxygens (including phenoxy) is 3. The predicted octanol–water partition coefficient (Wildman–Crippen LogP) is 3.42. The van der Waals surface area contributed by atoms with Gasteiger partial charge < -0.3 is 24.5 Å². The first kappa shape index (κ1) is 23.5. The van der Waals surface area contributed by atoms with Crippen molar-refractivity contribution in [3.8, 4) is 6.07 Å². The minimum absolute atomic E-state index is 0.0283. The monoisotopic (exact) mass is 475 g/mol. The van der Waals surface area contributed by atoms with E-state index in [4.69, 9.17) is 14.2 Å². The van der Waals surface area contributed by atoms with Gasteiger partial charge >= 0.3 is 0 Å². The second kappa shape index (κ2) is 8.45. The zero-order valence-electron chi connectivity index (χ0n) is 20.4. The van der Waals surface area contributed by atoms with E-state index >= 15 is 0 Å². The van der Waals surface area contributed by atoms with Gasteiger partial charge in [-0.15, -0.1) is 0 Å². The molecule has 2 N–H and O–H groups in total. The Hall–Kier alpha value is -3.25. The van der Waals surface area contributed by atoms with Gasteiger partial charge in [0.05, 0.1) is 29.9 Å². The fourth-order valence-electron chi connectivity index (χ4n) is 5.18. The normalized spacial score (nSPS) is 24.3. The van der Waals surface area contributed by atoms with Crippen LogP contribution in [0, 0.1) is 11.3 Å². The molecule has 1 amide bonds. The highest BCUT2D eigenvalue weighted by Crippen LogP contribution is 2.47. The summed E-state index contributed by atoms with van der Waals surface area (Å²) in [6.45, 7) is 8.57. The topological polar surface area (TPSA) is 113 Å². The van der Waals surface area contributed by atoms with Crippen molar-refractivity contribution in [2.24, 2.45) is 0 Å². The summed E-state index contributed by atoms with van der Waals surface area (Å²) in [7, 11) is 0. The zero-order valence-corrected chi connectivity index (χ0v) is 20.4. The summed E-state index contributed by atoms with van der Waals surface area (Å²) in [5, 5.41) is 12.9. The number of fused-ring (bicyclic) bond motifs is 3. The number of ketones is 1. The first-order valence-electron chi connectivity index (χ1n) is 11.8. The van der Waals surface area contributed by atoms with E-state index in [1.54, 1.807) is 12.1 Å². The lowest BCUT2D eigenvalue weighted by molar-refractivity contribution is -0.140. The second-order valence-electron chi connectivity index (χ2n) is 10.3. The Bertz CT molecular complexity index is 1320. The van der Waals surface area contributed by atoms with Crippen LogP contribution in [-0.4, -0.2) is 54.4 Å². The molecule has 0 spiro atoms. The van der Waals surface area contributed by atoms with Crippen LogP contribution in [0.5, 0.6) is 0 Å². The van der Waals surface area contributed by atoms with Gasteiger partial charge in [-0.1, -0.05) is 32.1 Å². The van der Waals surface area contributed by atoms with Crippen LogP contribution >= 0.6 is 0 Å². The third-order valence-corrected chi connectivity index (χ3v) is 7.01. The van der Waals surface area contributed by atoms with E-state index in [0.717, 1.165) is 22.2 Å². The minimum atomic E-state index is -0.628. The summed E-state index contributed by atoms with van der Waals surface area (Å²) < 4.78 is 17.1. The Kier molecular flexibility index (Phi) is 5.67. The number of hydrogen-bond donors (Lipinski definition) is 2. The van der Waals surface area contributed by atoms with Crippen molar-refractivity contribution >= 4 is 22.6 Å². The van der Waals surface area contributed by atoms with Gasteiger partial charge in [0, 0.05) is 40.6 Å². The number of nitriles is 1. The first-order chi connectivity index (χ1) is 16.6. The van der Waals surface area contributed by atoms with Crippen molar-refractivity contribution in [1.29, 1.82) is 5.26 Å². The molecule has 3 aliphatic rings. The van der Waals surface area contributed by atoms with Gasteiger partial charge in [0.15, 0.2) is 11.6 Å². The Morgan fingerprint density at radius 2 is 2.11 bits per heavy atom. The molecule has 1 aliphatic heterocycles. The van der Waals surface area contributed by atoms with Gasteiger partial charge in [-0.3, -0.25) is 9.59 Å². The van der Waals surface area contributed by atoms with Gasteiger partial charge in [-0.05, 0) is 31.6 Å². The smallest absolute Gasteiger partial charge is 0.246 e. The largest absolute Gasteiger partial charge is 0.364 e. The molecule has 0 saturated carbocycles. The number of aromatic nitrogens is 1. The van der Waals surface area contributed by atoms with Gasteiger partial charge in [0.2, 0.25) is 5.91 Å². The molecule has 8 nitrogen and oxygen atoms in total. The molecule has 8 heteroatoms. The maximum absolute atomic E-state index is 13.5. The van der Waals surface area contributed by atoms with Crippen molar-refractivity contribution in [3.05, 3.63) is 58.3 Å². The molecule has 1 aromatic carbocycles. The molecular weight excluding hydrogens is 446 g/mol. The molecule has 35 heavy (non-hydrogen) atoms. The quantitative estimate of drug-likeness (QED) is 0.685. The summed E-state index contributed by atoms with van der Waals surface area (Å²) >= 11 is 0. The van der Waals surface area contributed by atoms with Crippen LogP contribution in [0.15, 0.2) is 41.5 Å². The summed E-state index contributed by atoms with van der Waals surface area (Å²) in [6, 6.07) is 7.50. The average Bonchev–Trinajstić information content (AvgIpc) is 3.39. The van der Waals surface area contributed by atoms with Crippen molar-refractivity contribution in [2.75, 3.05) is 19.8 Å². The predicted molar refractivity (Wildman–Crippen MR) is 129 cm³/mol. The number of allylic oxidation sites excluding steroid dienone is 2. The minimum Gasteiger partial charge on any atom is -0.364 e. The lowest BCUT2D eigenvalue weighted by Crippen LogP contribution is -2.38. The molecule has 1 saturated heterocycles. The van der Waals surface area contributed by atoms with Gasteiger partial charge in [-0.2, -0.15) is 5.26 Å². The number of H-pyrrole nitrogens is 1. The SMILES string of the molecule is CC1(C)OCC(CNC(=O)CO[C@@H]2C=CC3=C(C2)C(C)(C)c2[nH]c4cc(C#N)ccc4c2C3=O)O1. The number of carbonyl (C=O) groups is 2. The van der Waals surface area contributed by atoms with Crippen LogP contribution < -0.4 is 5.32 Å². The molecule has 2 aliphatic carbocycles. The molecule has 2 heterocycles. The van der Waals surface area contributed by atoms with Gasteiger partial charge in [0.1, 0.15) is 12.7 Å². The molecule has 2 atom stereocenters. The van der Waals surface area contributed by atoms with Gasteiger partial charge in [-0.25, -0.2) is 0 Å². The highest BCUT2D eigenvalue weighted by molar-refractivity contribution is 6.20. The molecule has 182 valence electrons. The molecule has 5 rings (SSSR count). The summed E-state index contributed by atoms with van der Waals surface area (Å²) in [4.78, 5) is 29.2. The number of hydrogen-bond acceptors (Lipinski definition) is 6. The van der Waals surface area contributed by atoms with Crippen LogP contribution in [-0.2, 0) is 24.4 Å². The Morgan fingerprint density at radius 3 is 2.83 bits per heavy atom. The van der Waals surface area contributed by atoms with Crippen molar-refractivity contribution < 1.29 is 23.8 Å². The number of Topliss-reactive ketones (excluding diaryl/α,β-unsaturated/α-hetero) is 1. The van der Waals surface area contributed by atoms with Crippen LogP contribution in [0.2, 0.25) is 0 Å². The van der Waals surface area contributed by atoms with E-state index < -0.39 is 11.2 Å². The lowest BCUT2D eigenvalue weighted by Gasteiger charge is -2.37. The third kappa shape index (κ3) is 4.20. The van der Waals surface area contributed by atoms with E-state index in [1.165, 1.54) is 0 Å². The number of rotatable bonds is 5. The van der Waals surface area contributed by atoms with Gasteiger partial charge in [0.25, 0.3) is 0 Å². The summed E-state index contributed by atoms with van der Waals surface area (Å²) in [6.07, 6.45) is 3.70. The molecule has 2 aromatic rings. The Morgan fingerprint density at radius 1 is 1.31 bits per heavy atom. The molecule has 0 radical (unpaired) electrons. The van der Waals surface area contributed by atoms with Crippen molar-refractivity contribution in [3.63, 3.8) is 0 Å². The van der Waals surface area contributed by atoms with E-state index in [0.29, 0.717) is 36.3 Å². The number of amides is 1. The Balaban J connectivity index is 1.27. The van der Waals surface area contributed by atoms with Crippen LogP contribution in [0.1, 0.15) is 55.7 Å². The molecule has 0 bridgehead atoms. The molecule has 1 aromatic heterocycles. The van der Waals surface area contributed by atoms with E-state index in [-0.39, 0.29) is 30.5 Å². The van der Waals surface area contributed by atoms with E-state index in [9.17, 15) is 14.9 Å². The maximum Gasteiger partial charge on any atom is 0.246 e. The van der Waals surface area contributed by atoms with E-state index in [1.807, 2.05) is 32.1 Å². The fraction of sp³-hybridized carbons (Fsp3) is 0.444.